The summed E-state index contributed by atoms with van der Waals surface area (Å²) >= 11 is -1.03. The predicted molar refractivity (Wildman–Crippen MR) is 186 cm³/mol. The molecule has 2 heterocycles. The number of nitrogens with zero attached hydrogens (tertiary/aromatic N) is 1. The molecule has 0 unspecified atom stereocenters. The van der Waals surface area contributed by atoms with Crippen LogP contribution in [0.2, 0.25) is 19.4 Å². The summed E-state index contributed by atoms with van der Waals surface area (Å²) in [5.74, 6) is 0.547. The van der Waals surface area contributed by atoms with Crippen LogP contribution < -0.4 is 4.06 Å². The second-order valence-corrected chi connectivity index (χ2v) is 16.7. The van der Waals surface area contributed by atoms with E-state index in [2.05, 4.69) is 31.8 Å². The van der Waals surface area contributed by atoms with Crippen LogP contribution in [0.1, 0.15) is 93.4 Å². The minimum Gasteiger partial charge on any atom is 0 e. The molecular weight excluding hydrogens is 790 g/mol. The smallest absolute Gasteiger partial charge is 0 e. The average Bonchev–Trinajstić information content (AvgIpc) is 3.35. The van der Waals surface area contributed by atoms with E-state index in [1.54, 1.807) is 6.07 Å². The van der Waals surface area contributed by atoms with Gasteiger partial charge in [0.15, 0.2) is 5.78 Å². The molecular formula is C37H50IrNO2SeSi-. The monoisotopic (exact) mass is 851 g/mol. The zero-order valence-electron chi connectivity index (χ0n) is 36.1. The Hall–Kier alpha value is -1.81. The summed E-state index contributed by atoms with van der Waals surface area (Å²) in [7, 11) is -5.25. The maximum atomic E-state index is 11.7. The molecule has 0 aliphatic carbocycles. The second-order valence-electron chi connectivity index (χ2n) is 11.7. The Kier molecular flexibility index (Phi) is 9.06. The van der Waals surface area contributed by atoms with Crippen molar-refractivity contribution in [2.75, 3.05) is 0 Å². The zero-order valence-corrected chi connectivity index (χ0v) is 31.3. The van der Waals surface area contributed by atoms with Gasteiger partial charge >= 0.3 is 183 Å². The molecule has 0 bridgehead atoms. The van der Waals surface area contributed by atoms with Crippen molar-refractivity contribution in [3.05, 3.63) is 72.1 Å². The van der Waals surface area contributed by atoms with E-state index >= 15 is 0 Å². The van der Waals surface area contributed by atoms with Crippen molar-refractivity contribution in [1.82, 2.24) is 4.98 Å². The third kappa shape index (κ3) is 9.35. The molecule has 2 aromatic carbocycles. The van der Waals surface area contributed by atoms with Gasteiger partial charge in [-0.15, -0.1) is 0 Å². The molecule has 6 heteroatoms. The Morgan fingerprint density at radius 3 is 2.28 bits per heavy atom. The molecule has 1 radical (unpaired) electrons. The fourth-order valence-electron chi connectivity index (χ4n) is 5.02. The summed E-state index contributed by atoms with van der Waals surface area (Å²) in [5.41, 5.74) is 1.94. The number of allylic oxidation sites excluding steroid dienone is 2. The molecule has 0 saturated carbocycles. The Morgan fingerprint density at radius 1 is 1.07 bits per heavy atom. The van der Waals surface area contributed by atoms with Crippen molar-refractivity contribution in [3.8, 4) is 11.3 Å². The number of aliphatic hydroxyl groups is 1. The van der Waals surface area contributed by atoms with Crippen molar-refractivity contribution in [1.29, 1.82) is 0 Å². The first-order chi connectivity index (χ1) is 23.9. The van der Waals surface area contributed by atoms with Crippen LogP contribution >= 0.6 is 0 Å². The molecule has 2 aromatic heterocycles. The number of carbonyl (C=O) groups is 1. The summed E-state index contributed by atoms with van der Waals surface area (Å²) in [6.45, 7) is 4.55. The Balaban J connectivity index is 0.000000516. The Labute approximate surface area is 294 Å². The normalized spacial score (nSPS) is 16.7. The fourth-order valence-corrected chi connectivity index (χ4v) is 8.78. The summed E-state index contributed by atoms with van der Waals surface area (Å²) in [4.78, 5) is 16.3. The van der Waals surface area contributed by atoms with Gasteiger partial charge in [-0.25, -0.2) is 0 Å². The zero-order chi connectivity index (χ0) is 39.6. The van der Waals surface area contributed by atoms with Crippen LogP contribution in [0.5, 0.6) is 0 Å². The molecule has 0 spiro atoms. The van der Waals surface area contributed by atoms with Crippen molar-refractivity contribution >= 4 is 52.8 Å². The summed E-state index contributed by atoms with van der Waals surface area (Å²) in [6.07, 6.45) is 6.40. The topological polar surface area (TPSA) is 50.2 Å². The van der Waals surface area contributed by atoms with E-state index < -0.39 is 42.0 Å². The minimum atomic E-state index is -5.25. The number of rotatable bonds is 9. The van der Waals surface area contributed by atoms with Crippen molar-refractivity contribution in [3.63, 3.8) is 0 Å². The first-order valence-corrected chi connectivity index (χ1v) is 18.4. The molecule has 3 nitrogen and oxygen atoms in total. The quantitative estimate of drug-likeness (QED) is 0.0791. The van der Waals surface area contributed by atoms with Gasteiger partial charge in [0.1, 0.15) is 0 Å². The largest absolute Gasteiger partial charge is 0 e. The van der Waals surface area contributed by atoms with Crippen LogP contribution in [0.4, 0.5) is 0 Å². The SMILES string of the molecule is CCC(CC)C(=O)/C=C(\O)C(CC)CC.[2H]c1c([Si](C([2H])([2H])[2H])(C([2H])([2H])[2H])C([2H])([2H])[2H])[se]c2c(-c3[c-]c4ccccc4c(C(C)(C)C)c3)nccc12.[Ir]. The number of hydrogen-bond acceptors (Lipinski definition) is 3. The van der Waals surface area contributed by atoms with Gasteiger partial charge in [-0.2, -0.15) is 0 Å². The third-order valence-corrected chi connectivity index (χ3v) is 12.8. The van der Waals surface area contributed by atoms with Gasteiger partial charge < -0.3 is 5.11 Å². The maximum Gasteiger partial charge on any atom is 0 e. The van der Waals surface area contributed by atoms with Gasteiger partial charge in [0, 0.05) is 38.0 Å². The molecule has 43 heavy (non-hydrogen) atoms. The van der Waals surface area contributed by atoms with Crippen molar-refractivity contribution < 1.29 is 43.7 Å². The van der Waals surface area contributed by atoms with Gasteiger partial charge in [-0.3, -0.25) is 4.79 Å². The van der Waals surface area contributed by atoms with Crippen LogP contribution in [-0.2, 0) is 30.3 Å². The van der Waals surface area contributed by atoms with E-state index in [-0.39, 0.29) is 59.0 Å². The number of carbonyl (C=O) groups excluding carboxylic acids is 1. The molecule has 235 valence electrons. The molecule has 1 N–H and O–H groups in total. The average molecular weight is 850 g/mol. The van der Waals surface area contributed by atoms with Gasteiger partial charge in [0.05, 0.1) is 5.76 Å². The molecule has 0 atom stereocenters. The van der Waals surface area contributed by atoms with Crippen molar-refractivity contribution in [2.45, 2.75) is 99.0 Å². The van der Waals surface area contributed by atoms with E-state index in [1.165, 1.54) is 12.3 Å². The third-order valence-electron chi connectivity index (χ3n) is 7.62. The van der Waals surface area contributed by atoms with Gasteiger partial charge in [0.2, 0.25) is 0 Å². The number of aliphatic hydroxyl groups excluding tert-OH is 1. The van der Waals surface area contributed by atoms with Crippen LogP contribution in [-0.4, -0.2) is 38.5 Å². The van der Waals surface area contributed by atoms with Crippen LogP contribution in [0.3, 0.4) is 0 Å². The number of ketones is 1. The number of pyridine rings is 1. The van der Waals surface area contributed by atoms with Crippen LogP contribution in [0.25, 0.3) is 31.7 Å². The first kappa shape index (κ1) is 24.4. The molecule has 0 saturated heterocycles. The minimum absolute atomic E-state index is 0. The van der Waals surface area contributed by atoms with Gasteiger partial charge in [0.25, 0.3) is 0 Å². The maximum absolute atomic E-state index is 11.7. The number of hydrogen-bond donors (Lipinski definition) is 1. The molecule has 0 aliphatic rings. The van der Waals surface area contributed by atoms with Crippen LogP contribution in [0, 0.1) is 17.9 Å². The van der Waals surface area contributed by atoms with E-state index in [0.29, 0.717) is 20.9 Å². The second kappa shape index (κ2) is 16.0. The standard InChI is InChI=1S/C24H26NSeSi.C13H24O2.Ir/c1-24(2,3)20-14-18(13-16-9-7-8-10-19(16)20)22-23-17(11-12-25-22)15-21(26-23)27(4,5)6;1-5-10(6-2)12(14)9-13(15)11(7-3)8-4;/h7-12,14-15H,1-6H3;9-11,14H,5-8H2,1-4H3;/q-1;;/b;12-9-;/i4D3,5D3,6D3,15D;;. The number of benzene rings is 2. The number of aromatic nitrogens is 1. The summed E-state index contributed by atoms with van der Waals surface area (Å²) in [5, 5.41) is 12.0. The molecule has 4 rings (SSSR count). The van der Waals surface area contributed by atoms with E-state index in [9.17, 15) is 9.90 Å². The summed E-state index contributed by atoms with van der Waals surface area (Å²) in [6, 6.07) is 14.4. The van der Waals surface area contributed by atoms with E-state index in [4.69, 9.17) is 13.7 Å². The molecule has 0 fully saturated rings. The van der Waals surface area contributed by atoms with Gasteiger partial charge in [-0.05, 0) is 25.7 Å². The van der Waals surface area contributed by atoms with E-state index in [0.717, 1.165) is 42.0 Å². The van der Waals surface area contributed by atoms with Gasteiger partial charge in [-0.1, -0.05) is 27.7 Å². The molecule has 0 aliphatic heterocycles. The Bertz CT molecular complexity index is 1870. The molecule has 0 amide bonds. The predicted octanol–water partition coefficient (Wildman–Crippen LogP) is 9.62. The fraction of sp³-hybridized carbons (Fsp3) is 0.459. The number of fused-ring (bicyclic) bond motifs is 2. The Morgan fingerprint density at radius 2 is 1.70 bits per heavy atom. The first-order valence-electron chi connectivity index (χ1n) is 19.7. The molecule has 4 aromatic rings. The van der Waals surface area contributed by atoms with E-state index in [1.807, 2.05) is 58.0 Å². The van der Waals surface area contributed by atoms with Crippen molar-refractivity contribution in [2.24, 2.45) is 11.8 Å². The summed E-state index contributed by atoms with van der Waals surface area (Å²) < 4.78 is 82.6. The van der Waals surface area contributed by atoms with Crippen LogP contribution in [0.15, 0.2) is 60.5 Å².